The van der Waals surface area contributed by atoms with E-state index in [1.165, 1.54) is 5.56 Å². The molecule has 0 fully saturated rings. The molecular weight excluding hydrogens is 388 g/mol. The van der Waals surface area contributed by atoms with Crippen molar-refractivity contribution in [1.82, 2.24) is 0 Å². The number of carbonyl (C=O) groups is 1. The first kappa shape index (κ1) is 20.7. The summed E-state index contributed by atoms with van der Waals surface area (Å²) in [6.07, 6.45) is 4.51. The lowest BCUT2D eigenvalue weighted by Crippen LogP contribution is -2.06. The summed E-state index contributed by atoms with van der Waals surface area (Å²) >= 11 is 0. The van der Waals surface area contributed by atoms with Crippen molar-refractivity contribution in [1.29, 1.82) is 0 Å². The summed E-state index contributed by atoms with van der Waals surface area (Å²) in [6, 6.07) is 23.7. The lowest BCUT2D eigenvalue weighted by Gasteiger charge is -2.20. The van der Waals surface area contributed by atoms with Crippen molar-refractivity contribution in [3.05, 3.63) is 95.6 Å². The van der Waals surface area contributed by atoms with Gasteiger partial charge in [-0.25, -0.2) is 4.79 Å². The van der Waals surface area contributed by atoms with E-state index in [4.69, 9.17) is 14.2 Å². The number of fused-ring (bicyclic) bond motifs is 1. The van der Waals surface area contributed by atoms with Gasteiger partial charge in [0.25, 0.3) is 0 Å². The first-order valence-electron chi connectivity index (χ1n) is 10.7. The Hall–Kier alpha value is -3.53. The summed E-state index contributed by atoms with van der Waals surface area (Å²) in [6.45, 7) is 2.66. The topological polar surface area (TPSA) is 44.8 Å². The Kier molecular flexibility index (Phi) is 6.68. The summed E-state index contributed by atoms with van der Waals surface area (Å²) in [5, 5.41) is 0. The van der Waals surface area contributed by atoms with Gasteiger partial charge in [-0.15, -0.1) is 0 Å². The smallest absolute Gasteiger partial charge is 0.331 e. The molecule has 0 atom stereocenters. The summed E-state index contributed by atoms with van der Waals surface area (Å²) in [5.74, 6) is 2.14. The number of para-hydroxylation sites is 1. The average Bonchev–Trinajstić information content (AvgIpc) is 2.79. The molecule has 1 aliphatic rings. The maximum atomic E-state index is 11.9. The van der Waals surface area contributed by atoms with Crippen molar-refractivity contribution in [2.45, 2.75) is 32.8 Å². The van der Waals surface area contributed by atoms with E-state index in [2.05, 4.69) is 6.07 Å². The molecule has 0 radical (unpaired) electrons. The Morgan fingerprint density at radius 1 is 0.903 bits per heavy atom. The van der Waals surface area contributed by atoms with E-state index in [1.807, 2.05) is 73.7 Å². The second-order valence-electron chi connectivity index (χ2n) is 7.45. The lowest BCUT2D eigenvalue weighted by molar-refractivity contribution is -0.137. The third-order valence-corrected chi connectivity index (χ3v) is 5.18. The number of esters is 1. The van der Waals surface area contributed by atoms with E-state index in [0.29, 0.717) is 13.2 Å². The maximum Gasteiger partial charge on any atom is 0.331 e. The molecular formula is C27H26O4. The minimum atomic E-state index is -0.275. The second-order valence-corrected chi connectivity index (χ2v) is 7.45. The molecule has 1 aliphatic carbocycles. The van der Waals surface area contributed by atoms with E-state index in [9.17, 15) is 4.79 Å². The van der Waals surface area contributed by atoms with Crippen molar-refractivity contribution >= 4 is 11.5 Å². The number of carbonyl (C=O) groups excluding carboxylic acids is 1. The van der Waals surface area contributed by atoms with E-state index >= 15 is 0 Å². The zero-order valence-electron chi connectivity index (χ0n) is 17.7. The molecule has 4 heteroatoms. The first-order chi connectivity index (χ1) is 15.2. The molecule has 0 aromatic heterocycles. The van der Waals surface area contributed by atoms with Gasteiger partial charge in [-0.05, 0) is 84.8 Å². The highest BCUT2D eigenvalue weighted by Crippen LogP contribution is 2.33. The zero-order chi connectivity index (χ0) is 21.5. The monoisotopic (exact) mass is 414 g/mol. The van der Waals surface area contributed by atoms with Crippen LogP contribution in [0.25, 0.3) is 5.57 Å². The van der Waals surface area contributed by atoms with Crippen molar-refractivity contribution < 1.29 is 19.0 Å². The predicted octanol–water partition coefficient (Wildman–Crippen LogP) is 6.34. The molecule has 4 nitrogen and oxygen atoms in total. The summed E-state index contributed by atoms with van der Waals surface area (Å²) in [7, 11) is 0. The van der Waals surface area contributed by atoms with Crippen LogP contribution in [0.4, 0.5) is 0 Å². The van der Waals surface area contributed by atoms with Gasteiger partial charge < -0.3 is 14.2 Å². The normalized spacial score (nSPS) is 14.0. The summed E-state index contributed by atoms with van der Waals surface area (Å²) in [5.41, 5.74) is 4.40. The van der Waals surface area contributed by atoms with Gasteiger partial charge in [-0.2, -0.15) is 0 Å². The fourth-order valence-electron chi connectivity index (χ4n) is 3.75. The molecule has 0 amide bonds. The van der Waals surface area contributed by atoms with Gasteiger partial charge in [0, 0.05) is 6.08 Å². The Bertz CT molecular complexity index is 1070. The molecule has 0 aliphatic heterocycles. The van der Waals surface area contributed by atoms with Crippen LogP contribution in [-0.4, -0.2) is 12.6 Å². The molecule has 3 aromatic rings. The van der Waals surface area contributed by atoms with Crippen LogP contribution >= 0.6 is 0 Å². The highest BCUT2D eigenvalue weighted by Gasteiger charge is 2.16. The van der Waals surface area contributed by atoms with Gasteiger partial charge in [0.2, 0.25) is 0 Å². The van der Waals surface area contributed by atoms with Gasteiger partial charge in [0.05, 0.1) is 6.61 Å². The summed E-state index contributed by atoms with van der Waals surface area (Å²) in [4.78, 5) is 11.9. The number of ether oxygens (including phenoxy) is 3. The zero-order valence-corrected chi connectivity index (χ0v) is 17.7. The van der Waals surface area contributed by atoms with Crippen LogP contribution in [0.3, 0.4) is 0 Å². The van der Waals surface area contributed by atoms with Crippen LogP contribution in [0.5, 0.6) is 17.2 Å². The van der Waals surface area contributed by atoms with Gasteiger partial charge >= 0.3 is 5.97 Å². The Balaban J connectivity index is 1.43. The third kappa shape index (κ3) is 5.54. The van der Waals surface area contributed by atoms with Gasteiger partial charge in [-0.1, -0.05) is 36.4 Å². The number of rotatable bonds is 7. The van der Waals surface area contributed by atoms with Gasteiger partial charge in [0.1, 0.15) is 23.9 Å². The standard InChI is InChI=1S/C27H26O4/c1-2-29-27(28)18-22-10-7-9-21-17-24(14-15-26(21)22)30-19-20-8-6-13-25(16-20)31-23-11-4-3-5-12-23/h3-6,8,11-18H,2,7,9-10,19H2,1H3. The number of aryl methyl sites for hydroxylation is 1. The van der Waals surface area contributed by atoms with Crippen molar-refractivity contribution in [2.24, 2.45) is 0 Å². The molecule has 0 saturated heterocycles. The average molecular weight is 415 g/mol. The third-order valence-electron chi connectivity index (χ3n) is 5.18. The molecule has 0 bridgehead atoms. The first-order valence-corrected chi connectivity index (χ1v) is 10.7. The number of hydrogen-bond acceptors (Lipinski definition) is 4. The minimum absolute atomic E-state index is 0.275. The molecule has 0 saturated carbocycles. The van der Waals surface area contributed by atoms with E-state index in [-0.39, 0.29) is 5.97 Å². The molecule has 3 aromatic carbocycles. The van der Waals surface area contributed by atoms with Crippen LogP contribution in [0.2, 0.25) is 0 Å². The molecule has 0 heterocycles. The van der Waals surface area contributed by atoms with Crippen LogP contribution < -0.4 is 9.47 Å². The van der Waals surface area contributed by atoms with Gasteiger partial charge in [0.15, 0.2) is 0 Å². The predicted molar refractivity (Wildman–Crippen MR) is 121 cm³/mol. The highest BCUT2D eigenvalue weighted by atomic mass is 16.5. The van der Waals surface area contributed by atoms with Crippen LogP contribution in [0, 0.1) is 0 Å². The minimum Gasteiger partial charge on any atom is -0.489 e. The molecule has 0 unspecified atom stereocenters. The van der Waals surface area contributed by atoms with Crippen molar-refractivity contribution in [3.8, 4) is 17.2 Å². The Labute approximate surface area is 183 Å². The molecule has 0 spiro atoms. The van der Waals surface area contributed by atoms with E-state index in [0.717, 1.165) is 53.2 Å². The molecule has 4 rings (SSSR count). The Morgan fingerprint density at radius 2 is 1.74 bits per heavy atom. The van der Waals surface area contributed by atoms with E-state index in [1.54, 1.807) is 6.08 Å². The van der Waals surface area contributed by atoms with Crippen LogP contribution in [-0.2, 0) is 22.6 Å². The van der Waals surface area contributed by atoms with Crippen molar-refractivity contribution in [3.63, 3.8) is 0 Å². The molecule has 31 heavy (non-hydrogen) atoms. The van der Waals surface area contributed by atoms with Crippen LogP contribution in [0.15, 0.2) is 78.9 Å². The maximum absolute atomic E-state index is 11.9. The largest absolute Gasteiger partial charge is 0.489 e. The molecule has 0 N–H and O–H groups in total. The second kappa shape index (κ2) is 9.98. The number of benzene rings is 3. The lowest BCUT2D eigenvalue weighted by atomic mass is 9.87. The Morgan fingerprint density at radius 3 is 2.58 bits per heavy atom. The number of hydrogen-bond donors (Lipinski definition) is 0. The summed E-state index contributed by atoms with van der Waals surface area (Å²) < 4.78 is 17.0. The highest BCUT2D eigenvalue weighted by molar-refractivity contribution is 5.92. The number of allylic oxidation sites excluding steroid dienone is 1. The van der Waals surface area contributed by atoms with Crippen molar-refractivity contribution in [2.75, 3.05) is 6.61 Å². The quantitative estimate of drug-likeness (QED) is 0.334. The van der Waals surface area contributed by atoms with Gasteiger partial charge in [-0.3, -0.25) is 0 Å². The fraction of sp³-hybridized carbons (Fsp3) is 0.222. The van der Waals surface area contributed by atoms with Crippen LogP contribution in [0.1, 0.15) is 36.5 Å². The van der Waals surface area contributed by atoms with E-state index < -0.39 is 0 Å². The molecule has 158 valence electrons. The fourth-order valence-corrected chi connectivity index (χ4v) is 3.75. The SMILES string of the molecule is CCOC(=O)C=C1CCCc2cc(OCc3cccc(Oc4ccccc4)c3)ccc21.